The summed E-state index contributed by atoms with van der Waals surface area (Å²) in [5.74, 6) is -0.992. The summed E-state index contributed by atoms with van der Waals surface area (Å²) in [6.07, 6.45) is 0. The molecular formula is C17H18FN3O3. The van der Waals surface area contributed by atoms with Crippen LogP contribution in [0.3, 0.4) is 0 Å². The molecule has 0 aliphatic rings. The van der Waals surface area contributed by atoms with Crippen molar-refractivity contribution in [2.24, 2.45) is 0 Å². The van der Waals surface area contributed by atoms with E-state index in [-0.39, 0.29) is 25.0 Å². The molecule has 0 aromatic heterocycles. The normalized spacial score (nSPS) is 10.1. The fraction of sp³-hybridized carbons (Fsp3) is 0.176. The molecule has 0 radical (unpaired) electrons. The standard InChI is InChI=1S/C17H18FN3O3/c1-24-11-17(23)21-15-7-3-5-13(9-15)19-10-16(22)20-14-6-2-4-12(18)8-14/h2-9,19H,10-11H2,1H3,(H,20,22)(H,21,23). The number of nitrogens with one attached hydrogen (secondary N) is 3. The van der Waals surface area contributed by atoms with Crippen LogP contribution >= 0.6 is 0 Å². The number of hydrogen-bond acceptors (Lipinski definition) is 4. The number of carbonyl (C=O) groups is 2. The summed E-state index contributed by atoms with van der Waals surface area (Å²) in [6, 6.07) is 12.6. The number of methoxy groups -OCH3 is 1. The summed E-state index contributed by atoms with van der Waals surface area (Å²) in [5, 5.41) is 8.20. The van der Waals surface area contributed by atoms with Crippen molar-refractivity contribution in [3.8, 4) is 0 Å². The lowest BCUT2D eigenvalue weighted by Gasteiger charge is -2.10. The van der Waals surface area contributed by atoms with Gasteiger partial charge in [-0.15, -0.1) is 0 Å². The number of halogens is 1. The van der Waals surface area contributed by atoms with Gasteiger partial charge in [-0.2, -0.15) is 0 Å². The van der Waals surface area contributed by atoms with E-state index in [1.807, 2.05) is 0 Å². The molecule has 0 spiro atoms. The quantitative estimate of drug-likeness (QED) is 0.728. The Morgan fingerprint density at radius 1 is 0.958 bits per heavy atom. The van der Waals surface area contributed by atoms with E-state index >= 15 is 0 Å². The molecule has 0 aliphatic heterocycles. The van der Waals surface area contributed by atoms with E-state index in [1.165, 1.54) is 25.3 Å². The predicted octanol–water partition coefficient (Wildman–Crippen LogP) is 2.46. The molecule has 0 saturated carbocycles. The van der Waals surface area contributed by atoms with E-state index in [0.29, 0.717) is 17.1 Å². The van der Waals surface area contributed by atoms with Crippen molar-refractivity contribution in [1.29, 1.82) is 0 Å². The molecular weight excluding hydrogens is 313 g/mol. The zero-order valence-electron chi connectivity index (χ0n) is 13.1. The number of amides is 2. The summed E-state index contributed by atoms with van der Waals surface area (Å²) < 4.78 is 17.8. The van der Waals surface area contributed by atoms with Crippen molar-refractivity contribution in [3.63, 3.8) is 0 Å². The van der Waals surface area contributed by atoms with Gasteiger partial charge in [-0.3, -0.25) is 9.59 Å². The van der Waals surface area contributed by atoms with E-state index in [1.54, 1.807) is 30.3 Å². The highest BCUT2D eigenvalue weighted by molar-refractivity contribution is 5.94. The van der Waals surface area contributed by atoms with Gasteiger partial charge in [0.25, 0.3) is 0 Å². The zero-order chi connectivity index (χ0) is 17.4. The lowest BCUT2D eigenvalue weighted by atomic mass is 10.2. The predicted molar refractivity (Wildman–Crippen MR) is 90.5 cm³/mol. The summed E-state index contributed by atoms with van der Waals surface area (Å²) in [5.41, 5.74) is 1.65. The molecule has 0 atom stereocenters. The molecule has 2 aromatic carbocycles. The van der Waals surface area contributed by atoms with E-state index in [9.17, 15) is 14.0 Å². The molecule has 2 aromatic rings. The van der Waals surface area contributed by atoms with Crippen molar-refractivity contribution in [1.82, 2.24) is 0 Å². The molecule has 7 heteroatoms. The van der Waals surface area contributed by atoms with E-state index in [2.05, 4.69) is 16.0 Å². The van der Waals surface area contributed by atoms with Gasteiger partial charge in [-0.1, -0.05) is 12.1 Å². The average Bonchev–Trinajstić information content (AvgIpc) is 2.53. The first kappa shape index (κ1) is 17.4. The maximum Gasteiger partial charge on any atom is 0.250 e. The first-order valence-corrected chi connectivity index (χ1v) is 7.25. The van der Waals surface area contributed by atoms with Crippen LogP contribution in [0.15, 0.2) is 48.5 Å². The first-order valence-electron chi connectivity index (χ1n) is 7.25. The summed E-state index contributed by atoms with van der Waals surface area (Å²) in [6.45, 7) is -0.0281. The Labute approximate surface area is 139 Å². The molecule has 2 amide bonds. The molecule has 0 unspecified atom stereocenters. The van der Waals surface area contributed by atoms with E-state index in [4.69, 9.17) is 4.74 Å². The number of benzene rings is 2. The Morgan fingerprint density at radius 2 is 1.58 bits per heavy atom. The number of rotatable bonds is 7. The topological polar surface area (TPSA) is 79.5 Å². The Kier molecular flexibility index (Phi) is 6.27. The molecule has 0 heterocycles. The highest BCUT2D eigenvalue weighted by Crippen LogP contribution is 2.15. The minimum Gasteiger partial charge on any atom is -0.376 e. The van der Waals surface area contributed by atoms with Gasteiger partial charge in [0.05, 0.1) is 6.54 Å². The van der Waals surface area contributed by atoms with Crippen LogP contribution in [-0.2, 0) is 14.3 Å². The fourth-order valence-electron chi connectivity index (χ4n) is 1.99. The lowest BCUT2D eigenvalue weighted by Crippen LogP contribution is -2.22. The number of carbonyl (C=O) groups excluding carboxylic acids is 2. The minimum atomic E-state index is -0.416. The second-order valence-corrected chi connectivity index (χ2v) is 4.97. The third kappa shape index (κ3) is 5.69. The Morgan fingerprint density at radius 3 is 2.29 bits per heavy atom. The third-order valence-corrected chi connectivity index (χ3v) is 2.98. The van der Waals surface area contributed by atoms with Gasteiger partial charge in [-0.05, 0) is 36.4 Å². The summed E-state index contributed by atoms with van der Waals surface area (Å²) >= 11 is 0. The Bertz CT molecular complexity index is 722. The van der Waals surface area contributed by atoms with Crippen molar-refractivity contribution in [2.45, 2.75) is 0 Å². The summed E-state index contributed by atoms with van der Waals surface area (Å²) in [4.78, 5) is 23.3. The van der Waals surface area contributed by atoms with Crippen LogP contribution in [0.2, 0.25) is 0 Å². The third-order valence-electron chi connectivity index (χ3n) is 2.98. The van der Waals surface area contributed by atoms with Gasteiger partial charge < -0.3 is 20.7 Å². The Balaban J connectivity index is 1.87. The molecule has 126 valence electrons. The highest BCUT2D eigenvalue weighted by Gasteiger charge is 2.05. The second-order valence-electron chi connectivity index (χ2n) is 4.97. The largest absolute Gasteiger partial charge is 0.376 e. The van der Waals surface area contributed by atoms with Crippen molar-refractivity contribution in [3.05, 3.63) is 54.3 Å². The van der Waals surface area contributed by atoms with Crippen molar-refractivity contribution in [2.75, 3.05) is 36.2 Å². The minimum absolute atomic E-state index is 0.00594. The molecule has 0 saturated heterocycles. The van der Waals surface area contributed by atoms with Crippen molar-refractivity contribution < 1.29 is 18.7 Å². The molecule has 2 rings (SSSR count). The molecule has 6 nitrogen and oxygen atoms in total. The number of anilines is 3. The fourth-order valence-corrected chi connectivity index (χ4v) is 1.99. The van der Waals surface area contributed by atoms with Gasteiger partial charge in [-0.25, -0.2) is 4.39 Å². The zero-order valence-corrected chi connectivity index (χ0v) is 13.1. The lowest BCUT2D eigenvalue weighted by molar-refractivity contribution is -0.119. The first-order chi connectivity index (χ1) is 11.6. The van der Waals surface area contributed by atoms with E-state index in [0.717, 1.165) is 0 Å². The molecule has 0 fully saturated rings. The van der Waals surface area contributed by atoms with Crippen LogP contribution in [0.25, 0.3) is 0 Å². The summed E-state index contributed by atoms with van der Waals surface area (Å²) in [7, 11) is 1.44. The number of hydrogen-bond donors (Lipinski definition) is 3. The van der Waals surface area contributed by atoms with Crippen LogP contribution in [0.1, 0.15) is 0 Å². The Hall–Kier alpha value is -2.93. The molecule has 0 bridgehead atoms. The maximum absolute atomic E-state index is 13.1. The SMILES string of the molecule is COCC(=O)Nc1cccc(NCC(=O)Nc2cccc(F)c2)c1. The van der Waals surface area contributed by atoms with Crippen molar-refractivity contribution >= 4 is 28.9 Å². The van der Waals surface area contributed by atoms with Crippen LogP contribution in [0.4, 0.5) is 21.5 Å². The van der Waals surface area contributed by atoms with Gasteiger partial charge in [0, 0.05) is 24.2 Å². The monoisotopic (exact) mass is 331 g/mol. The second kappa shape index (κ2) is 8.64. The smallest absolute Gasteiger partial charge is 0.250 e. The van der Waals surface area contributed by atoms with Gasteiger partial charge >= 0.3 is 0 Å². The van der Waals surface area contributed by atoms with Gasteiger partial charge in [0.1, 0.15) is 12.4 Å². The van der Waals surface area contributed by atoms with Crippen LogP contribution in [0, 0.1) is 5.82 Å². The molecule has 24 heavy (non-hydrogen) atoms. The van der Waals surface area contributed by atoms with E-state index < -0.39 is 5.82 Å². The highest BCUT2D eigenvalue weighted by atomic mass is 19.1. The average molecular weight is 331 g/mol. The van der Waals surface area contributed by atoms with Crippen LogP contribution < -0.4 is 16.0 Å². The van der Waals surface area contributed by atoms with Crippen LogP contribution in [-0.4, -0.2) is 32.1 Å². The number of ether oxygens (including phenoxy) is 1. The molecule has 3 N–H and O–H groups in total. The maximum atomic E-state index is 13.1. The van der Waals surface area contributed by atoms with Gasteiger partial charge in [0.2, 0.25) is 11.8 Å². The van der Waals surface area contributed by atoms with Gasteiger partial charge in [0.15, 0.2) is 0 Å². The molecule has 0 aliphatic carbocycles. The van der Waals surface area contributed by atoms with Crippen LogP contribution in [0.5, 0.6) is 0 Å².